The molecule has 0 aliphatic carbocycles. The van der Waals surface area contributed by atoms with Crippen LogP contribution in [0.3, 0.4) is 0 Å². The monoisotopic (exact) mass is 363 g/mol. The molecule has 0 spiro atoms. The molecule has 2 heterocycles. The normalized spacial score (nSPS) is 16.3. The molecule has 2 aromatic rings. The molecule has 1 fully saturated rings. The number of imide groups is 1. The minimum Gasteiger partial charge on any atom is -0.382 e. The van der Waals surface area contributed by atoms with Crippen molar-refractivity contribution >= 4 is 34.5 Å². The summed E-state index contributed by atoms with van der Waals surface area (Å²) in [7, 11) is 3.59. The zero-order chi connectivity index (χ0) is 17.3. The first-order chi connectivity index (χ1) is 11.5. The lowest BCUT2D eigenvalue weighted by molar-refractivity contribution is -0.123. The summed E-state index contributed by atoms with van der Waals surface area (Å²) in [5.41, 5.74) is 1.18. The number of rotatable bonds is 4. The van der Waals surface area contributed by atoms with Gasteiger partial charge >= 0.3 is 0 Å². The van der Waals surface area contributed by atoms with Crippen LogP contribution in [-0.4, -0.2) is 50.0 Å². The molecule has 124 valence electrons. The zero-order valence-corrected chi connectivity index (χ0v) is 14.6. The third-order valence-electron chi connectivity index (χ3n) is 3.21. The Balaban J connectivity index is 1.79. The molecule has 1 saturated heterocycles. The van der Waals surface area contributed by atoms with Gasteiger partial charge in [0.15, 0.2) is 0 Å². The van der Waals surface area contributed by atoms with Crippen molar-refractivity contribution in [1.29, 1.82) is 0 Å². The highest BCUT2D eigenvalue weighted by molar-refractivity contribution is 8.18. The summed E-state index contributed by atoms with van der Waals surface area (Å²) >= 11 is 7.05. The van der Waals surface area contributed by atoms with E-state index in [-0.39, 0.29) is 17.7 Å². The minimum atomic E-state index is -0.328. The van der Waals surface area contributed by atoms with Gasteiger partial charge in [0.1, 0.15) is 5.69 Å². The molecular weight excluding hydrogens is 350 g/mol. The van der Waals surface area contributed by atoms with Crippen LogP contribution in [0.5, 0.6) is 0 Å². The first-order valence-corrected chi connectivity index (χ1v) is 8.23. The topological polar surface area (TPSA) is 71.3 Å². The molecule has 0 unspecified atom stereocenters. The van der Waals surface area contributed by atoms with E-state index in [1.54, 1.807) is 43.5 Å². The van der Waals surface area contributed by atoms with E-state index in [9.17, 15) is 9.59 Å². The number of aromatic nitrogens is 3. The van der Waals surface area contributed by atoms with E-state index < -0.39 is 0 Å². The van der Waals surface area contributed by atoms with Crippen molar-refractivity contribution in [3.05, 3.63) is 52.3 Å². The Bertz CT molecular complexity index is 833. The van der Waals surface area contributed by atoms with Gasteiger partial charge in [0.05, 0.1) is 28.4 Å². The van der Waals surface area contributed by atoms with E-state index in [0.717, 1.165) is 16.7 Å². The maximum atomic E-state index is 12.3. The van der Waals surface area contributed by atoms with E-state index in [4.69, 9.17) is 11.6 Å². The average Bonchev–Trinajstić information content (AvgIpc) is 3.08. The van der Waals surface area contributed by atoms with Gasteiger partial charge in [-0.15, -0.1) is 5.10 Å². The number of carbonyl (C=O) groups excluding carboxylic acids is 2. The lowest BCUT2D eigenvalue weighted by atomic mass is 10.3. The smallest absolute Gasteiger partial charge is 0.293 e. The molecule has 1 aromatic heterocycles. The number of halogens is 1. The standard InChI is InChI=1S/C15H14ClN5O2S/c1-19(2)9-13-14(22)20(15(23)24-13)7-10-8-21(18-17-10)12-6-4-3-5-11(12)16/h3-6,8-9H,7H2,1-2H3/b13-9-. The molecule has 1 aliphatic rings. The predicted molar refractivity (Wildman–Crippen MR) is 91.7 cm³/mol. The van der Waals surface area contributed by atoms with E-state index in [0.29, 0.717) is 21.3 Å². The maximum absolute atomic E-state index is 12.3. The average molecular weight is 364 g/mol. The number of hydrogen-bond acceptors (Lipinski definition) is 6. The lowest BCUT2D eigenvalue weighted by Crippen LogP contribution is -2.28. The lowest BCUT2D eigenvalue weighted by Gasteiger charge is -2.10. The van der Waals surface area contributed by atoms with Crippen molar-refractivity contribution in [3.63, 3.8) is 0 Å². The fourth-order valence-corrected chi connectivity index (χ4v) is 3.28. The van der Waals surface area contributed by atoms with Gasteiger partial charge in [-0.3, -0.25) is 14.5 Å². The van der Waals surface area contributed by atoms with Gasteiger partial charge in [-0.25, -0.2) is 4.68 Å². The second-order valence-electron chi connectivity index (χ2n) is 5.32. The van der Waals surface area contributed by atoms with E-state index in [1.807, 2.05) is 12.1 Å². The third-order valence-corrected chi connectivity index (χ3v) is 4.42. The van der Waals surface area contributed by atoms with E-state index in [1.165, 1.54) is 4.68 Å². The Hall–Kier alpha value is -2.32. The summed E-state index contributed by atoms with van der Waals surface area (Å²) in [6.45, 7) is 0.0693. The van der Waals surface area contributed by atoms with Crippen molar-refractivity contribution < 1.29 is 9.59 Å². The first-order valence-electron chi connectivity index (χ1n) is 7.04. The second kappa shape index (κ2) is 6.66. The van der Waals surface area contributed by atoms with Gasteiger partial charge in [-0.2, -0.15) is 0 Å². The molecule has 7 nitrogen and oxygen atoms in total. The highest BCUT2D eigenvalue weighted by Gasteiger charge is 2.35. The summed E-state index contributed by atoms with van der Waals surface area (Å²) in [6, 6.07) is 7.22. The van der Waals surface area contributed by atoms with Crippen LogP contribution in [0.1, 0.15) is 5.69 Å². The highest BCUT2D eigenvalue weighted by atomic mass is 35.5. The maximum Gasteiger partial charge on any atom is 0.293 e. The molecule has 0 atom stereocenters. The highest BCUT2D eigenvalue weighted by Crippen LogP contribution is 2.31. The summed E-state index contributed by atoms with van der Waals surface area (Å²) in [5, 5.41) is 8.25. The number of nitrogens with zero attached hydrogens (tertiary/aromatic N) is 5. The van der Waals surface area contributed by atoms with Crippen LogP contribution in [0.2, 0.25) is 5.02 Å². The molecule has 0 N–H and O–H groups in total. The molecule has 0 radical (unpaired) electrons. The number of thioether (sulfide) groups is 1. The molecule has 24 heavy (non-hydrogen) atoms. The first kappa shape index (κ1) is 16.5. The number of para-hydroxylation sites is 1. The fourth-order valence-electron chi connectivity index (χ4n) is 2.15. The second-order valence-corrected chi connectivity index (χ2v) is 6.72. The molecule has 1 aromatic carbocycles. The van der Waals surface area contributed by atoms with Crippen molar-refractivity contribution in [2.24, 2.45) is 0 Å². The van der Waals surface area contributed by atoms with E-state index in [2.05, 4.69) is 10.3 Å². The zero-order valence-electron chi connectivity index (χ0n) is 13.0. The quantitative estimate of drug-likeness (QED) is 0.777. The van der Waals surface area contributed by atoms with E-state index >= 15 is 0 Å². The summed E-state index contributed by atoms with van der Waals surface area (Å²) in [4.78, 5) is 27.6. The Labute approximate surface area is 147 Å². The third kappa shape index (κ3) is 3.29. The van der Waals surface area contributed by atoms with Gasteiger partial charge in [0.2, 0.25) is 0 Å². The predicted octanol–water partition coefficient (Wildman–Crippen LogP) is 2.52. The van der Waals surface area contributed by atoms with Crippen molar-refractivity contribution in [2.45, 2.75) is 6.54 Å². The summed E-state index contributed by atoms with van der Waals surface area (Å²) < 4.78 is 1.52. The summed E-state index contributed by atoms with van der Waals surface area (Å²) in [6.07, 6.45) is 3.28. The Morgan fingerprint density at radius 3 is 2.75 bits per heavy atom. The number of amides is 2. The Kier molecular flexibility index (Phi) is 4.59. The van der Waals surface area contributed by atoms with Gasteiger partial charge in [-0.1, -0.05) is 28.9 Å². The van der Waals surface area contributed by atoms with Gasteiger partial charge < -0.3 is 4.90 Å². The fraction of sp³-hybridized carbons (Fsp3) is 0.200. The molecule has 0 saturated carbocycles. The van der Waals surface area contributed by atoms with Crippen LogP contribution < -0.4 is 0 Å². The Morgan fingerprint density at radius 1 is 1.29 bits per heavy atom. The molecule has 3 rings (SSSR count). The SMILES string of the molecule is CN(C)/C=C1\SC(=O)N(Cc2cn(-c3ccccc3Cl)nn2)C1=O. The van der Waals surface area contributed by atoms with Gasteiger partial charge in [0.25, 0.3) is 11.1 Å². The van der Waals surface area contributed by atoms with Crippen LogP contribution in [0.25, 0.3) is 5.69 Å². The summed E-state index contributed by atoms with van der Waals surface area (Å²) in [5.74, 6) is -0.328. The molecule has 2 amide bonds. The Morgan fingerprint density at radius 2 is 2.04 bits per heavy atom. The minimum absolute atomic E-state index is 0.0693. The number of carbonyl (C=O) groups is 2. The number of benzene rings is 1. The van der Waals surface area contributed by atoms with Crippen LogP contribution in [-0.2, 0) is 11.3 Å². The van der Waals surface area contributed by atoms with Crippen molar-refractivity contribution in [3.8, 4) is 5.69 Å². The molecule has 1 aliphatic heterocycles. The van der Waals surface area contributed by atoms with Crippen molar-refractivity contribution in [1.82, 2.24) is 24.8 Å². The van der Waals surface area contributed by atoms with Gasteiger partial charge in [0, 0.05) is 20.3 Å². The molecule has 9 heteroatoms. The van der Waals surface area contributed by atoms with Crippen LogP contribution >= 0.6 is 23.4 Å². The van der Waals surface area contributed by atoms with Crippen molar-refractivity contribution in [2.75, 3.05) is 14.1 Å². The molecular formula is C15H14ClN5O2S. The number of hydrogen-bond donors (Lipinski definition) is 0. The van der Waals surface area contributed by atoms with Crippen LogP contribution in [0.4, 0.5) is 4.79 Å². The van der Waals surface area contributed by atoms with Crippen LogP contribution in [0, 0.1) is 0 Å². The largest absolute Gasteiger partial charge is 0.382 e. The van der Waals surface area contributed by atoms with Gasteiger partial charge in [-0.05, 0) is 23.9 Å². The molecule has 0 bridgehead atoms. The van der Waals surface area contributed by atoms with Crippen LogP contribution in [0.15, 0.2) is 41.6 Å².